The number of aromatic nitrogens is 1. The minimum atomic E-state index is -0.176. The van der Waals surface area contributed by atoms with Crippen LogP contribution >= 0.6 is 0 Å². The number of nitrogens with zero attached hydrogens (tertiary/aromatic N) is 1. The van der Waals surface area contributed by atoms with Crippen molar-refractivity contribution in [1.82, 2.24) is 5.16 Å². The molecule has 2 aromatic rings. The van der Waals surface area contributed by atoms with E-state index in [1.54, 1.807) is 30.3 Å². The van der Waals surface area contributed by atoms with E-state index >= 15 is 0 Å². The zero-order valence-electron chi connectivity index (χ0n) is 11.8. The van der Waals surface area contributed by atoms with E-state index in [4.69, 9.17) is 4.52 Å². The lowest BCUT2D eigenvalue weighted by atomic mass is 9.93. The summed E-state index contributed by atoms with van der Waals surface area (Å²) >= 11 is 0. The summed E-state index contributed by atoms with van der Waals surface area (Å²) in [7, 11) is 0. The predicted octanol–water partition coefficient (Wildman–Crippen LogP) is 2.86. The van der Waals surface area contributed by atoms with Crippen LogP contribution in [0.5, 0.6) is 5.75 Å². The zero-order valence-corrected chi connectivity index (χ0v) is 11.8. The van der Waals surface area contributed by atoms with E-state index in [1.165, 1.54) is 0 Å². The summed E-state index contributed by atoms with van der Waals surface area (Å²) in [5.41, 5.74) is 0.673. The molecule has 0 spiro atoms. The van der Waals surface area contributed by atoms with Crippen molar-refractivity contribution >= 4 is 11.7 Å². The van der Waals surface area contributed by atoms with Crippen LogP contribution in [0.1, 0.15) is 32.1 Å². The number of nitrogens with one attached hydrogen (secondary N) is 1. The third-order valence-electron chi connectivity index (χ3n) is 2.82. The van der Waals surface area contributed by atoms with Gasteiger partial charge in [-0.3, -0.25) is 4.79 Å². The number of rotatable bonds is 3. The third-order valence-corrected chi connectivity index (χ3v) is 2.82. The van der Waals surface area contributed by atoms with E-state index in [-0.39, 0.29) is 23.5 Å². The van der Waals surface area contributed by atoms with Crippen molar-refractivity contribution in [2.75, 3.05) is 5.32 Å². The maximum absolute atomic E-state index is 11.9. The lowest BCUT2D eigenvalue weighted by molar-refractivity contribution is -0.115. The number of carbonyl (C=O) groups is 1. The highest BCUT2D eigenvalue weighted by atomic mass is 16.5. The second-order valence-electron chi connectivity index (χ2n) is 5.72. The molecule has 2 N–H and O–H groups in total. The molecule has 20 heavy (non-hydrogen) atoms. The summed E-state index contributed by atoms with van der Waals surface area (Å²) < 4.78 is 5.20. The Labute approximate surface area is 117 Å². The molecule has 0 radical (unpaired) electrons. The Morgan fingerprint density at radius 3 is 2.50 bits per heavy atom. The second-order valence-corrected chi connectivity index (χ2v) is 5.72. The highest BCUT2D eigenvalue weighted by Crippen LogP contribution is 2.24. The van der Waals surface area contributed by atoms with Crippen LogP contribution in [-0.4, -0.2) is 16.2 Å². The van der Waals surface area contributed by atoms with E-state index in [1.807, 2.05) is 20.8 Å². The van der Waals surface area contributed by atoms with Gasteiger partial charge in [-0.25, -0.2) is 0 Å². The normalized spacial score (nSPS) is 11.3. The van der Waals surface area contributed by atoms with E-state index in [2.05, 4.69) is 10.5 Å². The summed E-state index contributed by atoms with van der Waals surface area (Å²) in [4.78, 5) is 11.9. The van der Waals surface area contributed by atoms with Gasteiger partial charge in [0.25, 0.3) is 0 Å². The van der Waals surface area contributed by atoms with Crippen molar-refractivity contribution in [3.63, 3.8) is 0 Å². The number of hydrogen-bond donors (Lipinski definition) is 2. The summed E-state index contributed by atoms with van der Waals surface area (Å²) in [5, 5.41) is 15.7. The molecule has 0 saturated carbocycles. The summed E-state index contributed by atoms with van der Waals surface area (Å²) in [6.07, 6.45) is 0.220. The number of aromatic hydroxyl groups is 1. The molecule has 2 rings (SSSR count). The molecule has 0 saturated heterocycles. The largest absolute Gasteiger partial charge is 0.508 e. The van der Waals surface area contributed by atoms with Crippen LogP contribution in [0.15, 0.2) is 34.9 Å². The van der Waals surface area contributed by atoms with Crippen LogP contribution in [0.2, 0.25) is 0 Å². The minimum Gasteiger partial charge on any atom is -0.508 e. The molecule has 1 amide bonds. The van der Waals surface area contributed by atoms with Crippen molar-refractivity contribution in [2.45, 2.75) is 32.6 Å². The first-order valence-corrected chi connectivity index (χ1v) is 6.39. The fourth-order valence-corrected chi connectivity index (χ4v) is 1.67. The third kappa shape index (κ3) is 3.60. The Morgan fingerprint density at radius 1 is 1.30 bits per heavy atom. The first-order chi connectivity index (χ1) is 9.34. The molecule has 1 heterocycles. The van der Waals surface area contributed by atoms with Gasteiger partial charge in [0.05, 0.1) is 6.42 Å². The van der Waals surface area contributed by atoms with Gasteiger partial charge < -0.3 is 14.9 Å². The number of anilines is 1. The minimum absolute atomic E-state index is 0.146. The number of amides is 1. The second kappa shape index (κ2) is 5.36. The van der Waals surface area contributed by atoms with Gasteiger partial charge in [-0.05, 0) is 17.7 Å². The average Bonchev–Trinajstić information content (AvgIpc) is 2.80. The molecule has 1 aromatic carbocycles. The van der Waals surface area contributed by atoms with Gasteiger partial charge in [0.2, 0.25) is 5.91 Å². The van der Waals surface area contributed by atoms with Gasteiger partial charge in [0.1, 0.15) is 11.5 Å². The number of carbonyl (C=O) groups excluding carboxylic acids is 1. The molecule has 106 valence electrons. The molecular formula is C15H18N2O3. The highest BCUT2D eigenvalue weighted by molar-refractivity contribution is 5.91. The lowest BCUT2D eigenvalue weighted by Crippen LogP contribution is -2.14. The van der Waals surface area contributed by atoms with Gasteiger partial charge in [-0.1, -0.05) is 38.1 Å². The van der Waals surface area contributed by atoms with Crippen molar-refractivity contribution in [3.8, 4) is 5.75 Å². The van der Waals surface area contributed by atoms with Gasteiger partial charge in [-0.2, -0.15) is 0 Å². The zero-order chi connectivity index (χ0) is 14.8. The van der Waals surface area contributed by atoms with Crippen LogP contribution < -0.4 is 5.32 Å². The van der Waals surface area contributed by atoms with Crippen molar-refractivity contribution in [3.05, 3.63) is 41.7 Å². The maximum Gasteiger partial charge on any atom is 0.230 e. The standard InChI is InChI=1S/C15H18N2O3/c1-15(2,3)12-9-13(17-20-12)16-14(19)8-10-4-6-11(18)7-5-10/h4-7,9,18H,8H2,1-3H3,(H,16,17,19). The Hall–Kier alpha value is -2.30. The molecule has 1 aromatic heterocycles. The number of phenols is 1. The van der Waals surface area contributed by atoms with Crippen LogP contribution in [-0.2, 0) is 16.6 Å². The quantitative estimate of drug-likeness (QED) is 0.902. The Balaban J connectivity index is 1.98. The Morgan fingerprint density at radius 2 is 1.95 bits per heavy atom. The molecule has 5 heteroatoms. The van der Waals surface area contributed by atoms with E-state index in [0.29, 0.717) is 5.82 Å². The number of hydrogen-bond acceptors (Lipinski definition) is 4. The van der Waals surface area contributed by atoms with Gasteiger partial charge in [0.15, 0.2) is 5.82 Å². The molecule has 0 aliphatic carbocycles. The molecule has 5 nitrogen and oxygen atoms in total. The van der Waals surface area contributed by atoms with Crippen molar-refractivity contribution < 1.29 is 14.4 Å². The molecule has 0 atom stereocenters. The summed E-state index contributed by atoms with van der Waals surface area (Å²) in [6.45, 7) is 6.03. The maximum atomic E-state index is 11.9. The van der Waals surface area contributed by atoms with Gasteiger partial charge >= 0.3 is 0 Å². The fraction of sp³-hybridized carbons (Fsp3) is 0.333. The Bertz CT molecular complexity index is 594. The van der Waals surface area contributed by atoms with E-state index in [0.717, 1.165) is 11.3 Å². The molecule has 0 unspecified atom stereocenters. The van der Waals surface area contributed by atoms with Crippen molar-refractivity contribution in [2.24, 2.45) is 0 Å². The van der Waals surface area contributed by atoms with E-state index < -0.39 is 0 Å². The van der Waals surface area contributed by atoms with Crippen LogP contribution in [0.25, 0.3) is 0 Å². The fourth-order valence-electron chi connectivity index (χ4n) is 1.67. The first-order valence-electron chi connectivity index (χ1n) is 6.39. The first kappa shape index (κ1) is 14.1. The molecule has 0 bridgehead atoms. The summed E-state index contributed by atoms with van der Waals surface area (Å²) in [5.74, 6) is 1.14. The number of phenolic OH excluding ortho intramolecular Hbond substituents is 1. The van der Waals surface area contributed by atoms with Crippen molar-refractivity contribution in [1.29, 1.82) is 0 Å². The number of benzene rings is 1. The topological polar surface area (TPSA) is 75.4 Å². The molecular weight excluding hydrogens is 256 g/mol. The van der Waals surface area contributed by atoms with Gasteiger partial charge in [-0.15, -0.1) is 0 Å². The average molecular weight is 274 g/mol. The molecule has 0 fully saturated rings. The SMILES string of the molecule is CC(C)(C)c1cc(NC(=O)Cc2ccc(O)cc2)no1. The van der Waals surface area contributed by atoms with Crippen LogP contribution in [0, 0.1) is 0 Å². The monoisotopic (exact) mass is 274 g/mol. The van der Waals surface area contributed by atoms with Gasteiger partial charge in [0, 0.05) is 11.5 Å². The lowest BCUT2D eigenvalue weighted by Gasteiger charge is -2.12. The Kier molecular flexibility index (Phi) is 3.79. The molecule has 0 aliphatic heterocycles. The van der Waals surface area contributed by atoms with Crippen LogP contribution in [0.4, 0.5) is 5.82 Å². The highest BCUT2D eigenvalue weighted by Gasteiger charge is 2.20. The summed E-state index contributed by atoms with van der Waals surface area (Å²) in [6, 6.07) is 8.25. The predicted molar refractivity (Wildman–Crippen MR) is 75.6 cm³/mol. The smallest absolute Gasteiger partial charge is 0.230 e. The molecule has 0 aliphatic rings. The van der Waals surface area contributed by atoms with Crippen LogP contribution in [0.3, 0.4) is 0 Å². The van der Waals surface area contributed by atoms with E-state index in [9.17, 15) is 9.90 Å².